The van der Waals surface area contributed by atoms with Crippen molar-refractivity contribution < 1.29 is 19.1 Å². The molecule has 0 aliphatic carbocycles. The van der Waals surface area contributed by atoms with Crippen molar-refractivity contribution >= 4 is 51.8 Å². The van der Waals surface area contributed by atoms with Crippen molar-refractivity contribution in [3.63, 3.8) is 0 Å². The van der Waals surface area contributed by atoms with E-state index >= 15 is 0 Å². The van der Waals surface area contributed by atoms with Gasteiger partial charge in [0.05, 0.1) is 17.6 Å². The van der Waals surface area contributed by atoms with Crippen LogP contribution in [0.1, 0.15) is 37.5 Å². The number of rotatable bonds is 5. The minimum absolute atomic E-state index is 0.148. The van der Waals surface area contributed by atoms with Gasteiger partial charge in [0.25, 0.3) is 11.1 Å². The van der Waals surface area contributed by atoms with E-state index < -0.39 is 17.1 Å². The number of carbonyl (C=O) groups excluding carboxylic acids is 3. The molecule has 182 valence electrons. The summed E-state index contributed by atoms with van der Waals surface area (Å²) in [7, 11) is 3.62. The van der Waals surface area contributed by atoms with E-state index in [-0.39, 0.29) is 17.0 Å². The number of thioether (sulfide) groups is 1. The summed E-state index contributed by atoms with van der Waals surface area (Å²) in [5.41, 5.74) is 5.29. The molecule has 0 saturated carbocycles. The molecule has 4 rings (SSSR count). The number of nitrogens with zero attached hydrogens (tertiary/aromatic N) is 2. The van der Waals surface area contributed by atoms with Crippen molar-refractivity contribution in [1.82, 2.24) is 4.90 Å². The number of imide groups is 1. The van der Waals surface area contributed by atoms with Gasteiger partial charge in [-0.25, -0.2) is 0 Å². The standard InChI is InChI=1S/C27H29N3O4S/c1-16-9-7-8-10-20(16)28-24(31)15-30-25(32)23(35-26(30)33)12-18-11-19-17(2)14-27(3,4)29(5)21(19)13-22(18)34-6/h7-14H,15H2,1-6H3,(H,28,31)/b23-12+. The molecule has 3 amide bonds. The number of amides is 3. The minimum atomic E-state index is -0.495. The lowest BCUT2D eigenvalue weighted by atomic mass is 9.88. The highest BCUT2D eigenvalue weighted by atomic mass is 32.2. The highest BCUT2D eigenvalue weighted by Gasteiger charge is 2.37. The number of anilines is 2. The van der Waals surface area contributed by atoms with Gasteiger partial charge < -0.3 is 15.0 Å². The first-order valence-corrected chi connectivity index (χ1v) is 12.1. The number of likely N-dealkylation sites (N-methyl/N-ethyl adjacent to an activating group) is 1. The smallest absolute Gasteiger partial charge is 0.294 e. The van der Waals surface area contributed by atoms with Gasteiger partial charge in [-0.2, -0.15) is 0 Å². The lowest BCUT2D eigenvalue weighted by molar-refractivity contribution is -0.127. The van der Waals surface area contributed by atoms with Crippen molar-refractivity contribution in [3.05, 3.63) is 64.1 Å². The molecule has 7 nitrogen and oxygen atoms in total. The number of hydrogen-bond donors (Lipinski definition) is 1. The van der Waals surface area contributed by atoms with Gasteiger partial charge in [-0.3, -0.25) is 19.3 Å². The molecule has 0 aromatic heterocycles. The number of allylic oxidation sites excluding steroid dienone is 1. The fraction of sp³-hybridized carbons (Fsp3) is 0.296. The SMILES string of the molecule is COc1cc2c(cc1/C=C1/SC(=O)N(CC(=O)Nc3ccccc3C)C1=O)C(C)=CC(C)(C)N2C. The molecule has 2 heterocycles. The molecule has 0 spiro atoms. The molecule has 0 bridgehead atoms. The largest absolute Gasteiger partial charge is 0.496 e. The summed E-state index contributed by atoms with van der Waals surface area (Å²) in [6.07, 6.45) is 3.86. The van der Waals surface area contributed by atoms with Crippen LogP contribution in [0.15, 0.2) is 47.4 Å². The Labute approximate surface area is 209 Å². The molecule has 1 N–H and O–H groups in total. The number of benzene rings is 2. The second-order valence-electron chi connectivity index (χ2n) is 9.28. The molecular weight excluding hydrogens is 462 g/mol. The van der Waals surface area contributed by atoms with Crippen LogP contribution in [0.2, 0.25) is 0 Å². The first-order chi connectivity index (χ1) is 16.5. The Morgan fingerprint density at radius 2 is 1.89 bits per heavy atom. The topological polar surface area (TPSA) is 79.0 Å². The number of carbonyl (C=O) groups is 3. The third kappa shape index (κ3) is 4.71. The van der Waals surface area contributed by atoms with E-state index in [0.717, 1.165) is 39.0 Å². The number of aryl methyl sites for hydroxylation is 1. The predicted molar refractivity (Wildman–Crippen MR) is 142 cm³/mol. The highest BCUT2D eigenvalue weighted by Crippen LogP contribution is 2.42. The van der Waals surface area contributed by atoms with Gasteiger partial charge in [-0.1, -0.05) is 24.3 Å². The van der Waals surface area contributed by atoms with E-state index in [1.807, 2.05) is 44.3 Å². The summed E-state index contributed by atoms with van der Waals surface area (Å²) in [6, 6.07) is 11.3. The molecule has 0 radical (unpaired) electrons. The molecule has 2 aliphatic heterocycles. The average molecular weight is 492 g/mol. The van der Waals surface area contributed by atoms with Gasteiger partial charge in [0.2, 0.25) is 5.91 Å². The number of methoxy groups -OCH3 is 1. The molecule has 8 heteroatoms. The summed E-state index contributed by atoms with van der Waals surface area (Å²) < 4.78 is 5.63. The maximum atomic E-state index is 13.0. The summed E-state index contributed by atoms with van der Waals surface area (Å²) in [5.74, 6) is -0.323. The van der Waals surface area contributed by atoms with Crippen molar-refractivity contribution in [2.24, 2.45) is 0 Å². The zero-order chi connectivity index (χ0) is 25.5. The van der Waals surface area contributed by atoms with Gasteiger partial charge in [0.15, 0.2) is 0 Å². The first-order valence-electron chi connectivity index (χ1n) is 11.3. The second kappa shape index (κ2) is 9.26. The quantitative estimate of drug-likeness (QED) is 0.571. The molecule has 2 aromatic carbocycles. The number of fused-ring (bicyclic) bond motifs is 1. The Morgan fingerprint density at radius 1 is 1.17 bits per heavy atom. The fourth-order valence-corrected chi connectivity index (χ4v) is 5.14. The second-order valence-corrected chi connectivity index (χ2v) is 10.3. The van der Waals surface area contributed by atoms with Gasteiger partial charge >= 0.3 is 0 Å². The summed E-state index contributed by atoms with van der Waals surface area (Å²) in [6.45, 7) is 7.88. The van der Waals surface area contributed by atoms with Crippen molar-refractivity contribution in [2.75, 3.05) is 30.9 Å². The molecule has 1 fully saturated rings. The van der Waals surface area contributed by atoms with Crippen LogP contribution in [0, 0.1) is 6.92 Å². The molecule has 2 aromatic rings. The van der Waals surface area contributed by atoms with E-state index in [1.165, 1.54) is 0 Å². The minimum Gasteiger partial charge on any atom is -0.496 e. The Bertz CT molecular complexity index is 1300. The van der Waals surface area contributed by atoms with Crippen LogP contribution in [0.25, 0.3) is 11.6 Å². The normalized spacial score (nSPS) is 18.0. The van der Waals surface area contributed by atoms with Crippen LogP contribution < -0.4 is 15.0 Å². The van der Waals surface area contributed by atoms with E-state index in [4.69, 9.17) is 4.74 Å². The number of ether oxygens (including phenoxy) is 1. The lowest BCUT2D eigenvalue weighted by Crippen LogP contribution is -2.42. The summed E-state index contributed by atoms with van der Waals surface area (Å²) in [4.78, 5) is 41.6. The summed E-state index contributed by atoms with van der Waals surface area (Å²) in [5, 5.41) is 2.29. The number of nitrogens with one attached hydrogen (secondary N) is 1. The third-order valence-electron chi connectivity index (χ3n) is 6.45. The Kier molecular flexibility index (Phi) is 6.51. The van der Waals surface area contributed by atoms with E-state index in [1.54, 1.807) is 19.3 Å². The Balaban J connectivity index is 1.59. The van der Waals surface area contributed by atoms with Crippen LogP contribution in [-0.2, 0) is 9.59 Å². The zero-order valence-electron chi connectivity index (χ0n) is 20.8. The van der Waals surface area contributed by atoms with E-state index in [2.05, 4.69) is 37.1 Å². The molecule has 2 aliphatic rings. The molecule has 1 saturated heterocycles. The predicted octanol–water partition coefficient (Wildman–Crippen LogP) is 5.31. The van der Waals surface area contributed by atoms with Crippen LogP contribution >= 0.6 is 11.8 Å². The molecule has 35 heavy (non-hydrogen) atoms. The van der Waals surface area contributed by atoms with Crippen LogP contribution in [-0.4, -0.2) is 48.2 Å². The highest BCUT2D eigenvalue weighted by molar-refractivity contribution is 8.18. The molecule has 0 atom stereocenters. The van der Waals surface area contributed by atoms with Crippen molar-refractivity contribution in [3.8, 4) is 5.75 Å². The van der Waals surface area contributed by atoms with Crippen LogP contribution in [0.5, 0.6) is 5.75 Å². The van der Waals surface area contributed by atoms with Gasteiger partial charge in [-0.15, -0.1) is 0 Å². The number of para-hydroxylation sites is 1. The zero-order valence-corrected chi connectivity index (χ0v) is 21.6. The van der Waals surface area contributed by atoms with Gasteiger partial charge in [0, 0.05) is 35.6 Å². The van der Waals surface area contributed by atoms with E-state index in [9.17, 15) is 14.4 Å². The Hall–Kier alpha value is -3.52. The number of hydrogen-bond acceptors (Lipinski definition) is 6. The average Bonchev–Trinajstić information content (AvgIpc) is 3.06. The maximum absolute atomic E-state index is 13.0. The molecular formula is C27H29N3O4S. The van der Waals surface area contributed by atoms with Crippen molar-refractivity contribution in [2.45, 2.75) is 33.2 Å². The summed E-state index contributed by atoms with van der Waals surface area (Å²) >= 11 is 0.824. The third-order valence-corrected chi connectivity index (χ3v) is 7.36. The lowest BCUT2D eigenvalue weighted by Gasteiger charge is -2.41. The van der Waals surface area contributed by atoms with Gasteiger partial charge in [-0.05, 0) is 68.8 Å². The van der Waals surface area contributed by atoms with Crippen molar-refractivity contribution in [1.29, 1.82) is 0 Å². The van der Waals surface area contributed by atoms with Crippen LogP contribution in [0.4, 0.5) is 16.2 Å². The Morgan fingerprint density at radius 3 is 2.57 bits per heavy atom. The fourth-order valence-electron chi connectivity index (χ4n) is 4.31. The maximum Gasteiger partial charge on any atom is 0.294 e. The monoisotopic (exact) mass is 491 g/mol. The van der Waals surface area contributed by atoms with Crippen LogP contribution in [0.3, 0.4) is 0 Å². The first kappa shape index (κ1) is 24.6. The van der Waals surface area contributed by atoms with E-state index in [0.29, 0.717) is 17.0 Å². The van der Waals surface area contributed by atoms with Gasteiger partial charge in [0.1, 0.15) is 12.3 Å². The molecule has 0 unspecified atom stereocenters.